The third-order valence-electron chi connectivity index (χ3n) is 4.07. The molecule has 1 aromatic rings. The Morgan fingerprint density at radius 2 is 1.80 bits per heavy atom. The average molecular weight is 291 g/mol. The molecule has 4 heteroatoms. The largest absolute Gasteiger partial charge is 0.417 e. The van der Waals surface area contributed by atoms with Crippen LogP contribution in [0.15, 0.2) is 24.3 Å². The molecule has 0 fully saturated rings. The van der Waals surface area contributed by atoms with Crippen molar-refractivity contribution in [3.05, 3.63) is 41.2 Å². The van der Waals surface area contributed by atoms with Gasteiger partial charge in [-0.2, -0.15) is 0 Å². The molecule has 1 aromatic carbocycles. The van der Waals surface area contributed by atoms with Gasteiger partial charge in [0.15, 0.2) is 14.0 Å². The molecule has 0 saturated heterocycles. The van der Waals surface area contributed by atoms with Crippen molar-refractivity contribution in [2.75, 3.05) is 6.61 Å². The number of benzene rings is 1. The monoisotopic (exact) mass is 291 g/mol. The van der Waals surface area contributed by atoms with Gasteiger partial charge in [0.05, 0.1) is 12.7 Å². The lowest BCUT2D eigenvalue weighted by Gasteiger charge is -2.36. The highest BCUT2D eigenvalue weighted by Gasteiger charge is 2.36. The van der Waals surface area contributed by atoms with Gasteiger partial charge >= 0.3 is 0 Å². The average Bonchev–Trinajstić information content (AvgIpc) is 2.37. The van der Waals surface area contributed by atoms with Crippen molar-refractivity contribution >= 4 is 14.0 Å². The normalized spacial score (nSPS) is 13.8. The lowest BCUT2D eigenvalue weighted by Crippen LogP contribution is -2.41. The van der Waals surface area contributed by atoms with Crippen LogP contribution in [0.25, 0.3) is 4.85 Å². The van der Waals surface area contributed by atoms with Gasteiger partial charge in [-0.3, -0.25) is 0 Å². The van der Waals surface area contributed by atoms with E-state index in [0.717, 1.165) is 5.56 Å². The van der Waals surface area contributed by atoms with Gasteiger partial charge in [-0.1, -0.05) is 45.0 Å². The second kappa shape index (κ2) is 6.53. The SMILES string of the molecule is [C-]#[N+]c1ccc(C(O)CCO[Si](C)(C)C(C)(C)C)cc1. The summed E-state index contributed by atoms with van der Waals surface area (Å²) < 4.78 is 6.06. The summed E-state index contributed by atoms with van der Waals surface area (Å²) in [5, 5.41) is 10.3. The van der Waals surface area contributed by atoms with E-state index in [1.807, 2.05) is 12.1 Å². The number of aliphatic hydroxyl groups is 1. The van der Waals surface area contributed by atoms with Gasteiger partial charge in [-0.05, 0) is 30.1 Å². The smallest absolute Gasteiger partial charge is 0.191 e. The minimum atomic E-state index is -1.74. The second-order valence-corrected chi connectivity index (χ2v) is 11.4. The van der Waals surface area contributed by atoms with Crippen LogP contribution in [0.5, 0.6) is 0 Å². The minimum Gasteiger partial charge on any atom is -0.417 e. The zero-order valence-electron chi connectivity index (χ0n) is 13.1. The van der Waals surface area contributed by atoms with E-state index in [4.69, 9.17) is 11.0 Å². The third-order valence-corrected chi connectivity index (χ3v) is 8.61. The number of aliphatic hydroxyl groups excluding tert-OH is 1. The summed E-state index contributed by atoms with van der Waals surface area (Å²) in [4.78, 5) is 3.34. The van der Waals surface area contributed by atoms with Crippen molar-refractivity contribution in [3.8, 4) is 0 Å². The highest BCUT2D eigenvalue weighted by molar-refractivity contribution is 6.74. The number of hydrogen-bond acceptors (Lipinski definition) is 2. The summed E-state index contributed by atoms with van der Waals surface area (Å²) >= 11 is 0. The van der Waals surface area contributed by atoms with Crippen molar-refractivity contribution in [1.82, 2.24) is 0 Å². The maximum atomic E-state index is 10.1. The van der Waals surface area contributed by atoms with Gasteiger partial charge in [-0.15, -0.1) is 0 Å². The molecule has 0 bridgehead atoms. The molecule has 0 aliphatic carbocycles. The second-order valence-electron chi connectivity index (χ2n) is 6.62. The van der Waals surface area contributed by atoms with Gasteiger partial charge in [0.1, 0.15) is 0 Å². The highest BCUT2D eigenvalue weighted by Crippen LogP contribution is 2.36. The molecule has 0 saturated carbocycles. The van der Waals surface area contributed by atoms with Crippen LogP contribution >= 0.6 is 0 Å². The van der Waals surface area contributed by atoms with Gasteiger partial charge in [0.2, 0.25) is 0 Å². The minimum absolute atomic E-state index is 0.190. The molecular weight excluding hydrogens is 266 g/mol. The van der Waals surface area contributed by atoms with Crippen LogP contribution in [-0.4, -0.2) is 20.0 Å². The molecule has 3 nitrogen and oxygen atoms in total. The van der Waals surface area contributed by atoms with Crippen molar-refractivity contribution in [2.24, 2.45) is 0 Å². The van der Waals surface area contributed by atoms with E-state index >= 15 is 0 Å². The Morgan fingerprint density at radius 1 is 1.25 bits per heavy atom. The highest BCUT2D eigenvalue weighted by atomic mass is 28.4. The Morgan fingerprint density at radius 3 is 2.25 bits per heavy atom. The Hall–Kier alpha value is -1.15. The molecule has 1 unspecified atom stereocenters. The zero-order valence-corrected chi connectivity index (χ0v) is 14.1. The van der Waals surface area contributed by atoms with Crippen molar-refractivity contribution in [1.29, 1.82) is 0 Å². The van der Waals surface area contributed by atoms with E-state index in [1.165, 1.54) is 0 Å². The summed E-state index contributed by atoms with van der Waals surface area (Å²) in [6.45, 7) is 18.5. The third kappa shape index (κ3) is 4.45. The molecule has 0 spiro atoms. The fraction of sp³-hybridized carbons (Fsp3) is 0.562. The van der Waals surface area contributed by atoms with E-state index in [-0.39, 0.29) is 5.04 Å². The summed E-state index contributed by atoms with van der Waals surface area (Å²) in [5.74, 6) is 0. The quantitative estimate of drug-likeness (QED) is 0.631. The maximum Gasteiger partial charge on any atom is 0.191 e. The van der Waals surface area contributed by atoms with Crippen LogP contribution in [0.1, 0.15) is 38.9 Å². The first kappa shape index (κ1) is 16.9. The molecule has 0 heterocycles. The molecule has 0 radical (unpaired) electrons. The molecule has 1 atom stereocenters. The standard InChI is InChI=1S/C16H25NO2Si/c1-16(2,3)20(5,6)19-12-11-15(18)13-7-9-14(17-4)10-8-13/h7-10,15,18H,11-12H2,1-3,5-6H3. The summed E-state index contributed by atoms with van der Waals surface area (Å²) in [6.07, 6.45) is 0.0590. The lowest BCUT2D eigenvalue weighted by atomic mass is 10.1. The zero-order chi connectivity index (χ0) is 15.4. The predicted octanol–water partition coefficient (Wildman–Crippen LogP) is 4.68. The summed E-state index contributed by atoms with van der Waals surface area (Å²) in [7, 11) is -1.74. The van der Waals surface area contributed by atoms with E-state index in [0.29, 0.717) is 18.7 Å². The maximum absolute atomic E-state index is 10.1. The van der Waals surface area contributed by atoms with Crippen LogP contribution in [0.2, 0.25) is 18.1 Å². The van der Waals surface area contributed by atoms with E-state index in [9.17, 15) is 5.11 Å². The molecule has 0 aliphatic heterocycles. The van der Waals surface area contributed by atoms with Gasteiger partial charge in [0, 0.05) is 6.61 Å². The lowest BCUT2D eigenvalue weighted by molar-refractivity contribution is 0.136. The molecule has 0 aromatic heterocycles. The van der Waals surface area contributed by atoms with E-state index in [1.54, 1.807) is 12.1 Å². The first-order valence-corrected chi connectivity index (χ1v) is 9.87. The molecule has 0 amide bonds. The van der Waals surface area contributed by atoms with E-state index < -0.39 is 14.4 Å². The van der Waals surface area contributed by atoms with Gasteiger partial charge < -0.3 is 9.53 Å². The Bertz CT molecular complexity index is 469. The molecule has 1 rings (SSSR count). The first-order chi connectivity index (χ1) is 9.17. The number of nitrogens with zero attached hydrogens (tertiary/aromatic N) is 1. The fourth-order valence-corrected chi connectivity index (χ4v) is 2.64. The Kier molecular flexibility index (Phi) is 5.52. The molecule has 0 aliphatic rings. The van der Waals surface area contributed by atoms with Gasteiger partial charge in [-0.25, -0.2) is 4.85 Å². The van der Waals surface area contributed by atoms with Gasteiger partial charge in [0.25, 0.3) is 0 Å². The Labute approximate surface area is 123 Å². The van der Waals surface area contributed by atoms with Crippen molar-refractivity contribution < 1.29 is 9.53 Å². The summed E-state index contributed by atoms with van der Waals surface area (Å²) in [5.41, 5.74) is 1.44. The summed E-state index contributed by atoms with van der Waals surface area (Å²) in [6, 6.07) is 7.09. The first-order valence-electron chi connectivity index (χ1n) is 6.97. The van der Waals surface area contributed by atoms with Crippen LogP contribution in [-0.2, 0) is 4.43 Å². The molecule has 20 heavy (non-hydrogen) atoms. The number of rotatable bonds is 5. The van der Waals surface area contributed by atoms with Crippen molar-refractivity contribution in [2.45, 2.75) is 51.4 Å². The molecule has 1 N–H and O–H groups in total. The van der Waals surface area contributed by atoms with Crippen LogP contribution in [0.3, 0.4) is 0 Å². The van der Waals surface area contributed by atoms with Crippen LogP contribution in [0.4, 0.5) is 5.69 Å². The topological polar surface area (TPSA) is 33.8 Å². The van der Waals surface area contributed by atoms with E-state index in [2.05, 4.69) is 38.7 Å². The predicted molar refractivity (Wildman–Crippen MR) is 85.4 cm³/mol. The molecular formula is C16H25NO2Si. The Balaban J connectivity index is 2.51. The molecule has 110 valence electrons. The van der Waals surface area contributed by atoms with Crippen molar-refractivity contribution in [3.63, 3.8) is 0 Å². The van der Waals surface area contributed by atoms with Crippen LogP contribution < -0.4 is 0 Å². The fourth-order valence-electron chi connectivity index (χ4n) is 1.58. The van der Waals surface area contributed by atoms with Crippen LogP contribution in [0, 0.1) is 6.57 Å². The number of hydrogen-bond donors (Lipinski definition) is 1.